The summed E-state index contributed by atoms with van der Waals surface area (Å²) in [7, 11) is 0. The molecular formula is C22H32N4O5. The second kappa shape index (κ2) is 11.5. The first-order valence-electron chi connectivity index (χ1n) is 10.6. The molecule has 0 aliphatic carbocycles. The SMILES string of the molecule is CC(C)CC(NC(=O)C(Cc1ccccc1)NC(=O)CN)C(=O)N1CCCC1C(=O)O. The number of hydrogen-bond acceptors (Lipinski definition) is 5. The molecule has 2 rings (SSSR count). The van der Waals surface area contributed by atoms with Gasteiger partial charge in [0, 0.05) is 13.0 Å². The van der Waals surface area contributed by atoms with Gasteiger partial charge in [0.2, 0.25) is 17.7 Å². The number of carboxylic acid groups (broad SMARTS) is 1. The molecule has 0 saturated carbocycles. The zero-order chi connectivity index (χ0) is 23.0. The summed E-state index contributed by atoms with van der Waals surface area (Å²) in [5.41, 5.74) is 6.24. The third-order valence-corrected chi connectivity index (χ3v) is 5.26. The summed E-state index contributed by atoms with van der Waals surface area (Å²) in [4.78, 5) is 50.9. The molecule has 31 heavy (non-hydrogen) atoms. The van der Waals surface area contributed by atoms with Gasteiger partial charge < -0.3 is 26.4 Å². The summed E-state index contributed by atoms with van der Waals surface area (Å²) in [6.45, 7) is 3.92. The lowest BCUT2D eigenvalue weighted by molar-refractivity contribution is -0.149. The molecule has 3 unspecified atom stereocenters. The highest BCUT2D eigenvalue weighted by Gasteiger charge is 2.38. The number of carboxylic acids is 1. The smallest absolute Gasteiger partial charge is 0.326 e. The van der Waals surface area contributed by atoms with Gasteiger partial charge in [0.15, 0.2) is 0 Å². The van der Waals surface area contributed by atoms with Gasteiger partial charge in [0.05, 0.1) is 6.54 Å². The van der Waals surface area contributed by atoms with Gasteiger partial charge >= 0.3 is 5.97 Å². The molecule has 1 fully saturated rings. The molecule has 5 N–H and O–H groups in total. The van der Waals surface area contributed by atoms with Gasteiger partial charge in [-0.2, -0.15) is 0 Å². The van der Waals surface area contributed by atoms with E-state index < -0.39 is 41.8 Å². The van der Waals surface area contributed by atoms with E-state index in [0.29, 0.717) is 25.8 Å². The van der Waals surface area contributed by atoms with Crippen molar-refractivity contribution < 1.29 is 24.3 Å². The molecule has 0 aromatic heterocycles. The Hall–Kier alpha value is -2.94. The van der Waals surface area contributed by atoms with E-state index in [1.807, 2.05) is 44.2 Å². The molecule has 1 heterocycles. The minimum absolute atomic E-state index is 0.0892. The third-order valence-electron chi connectivity index (χ3n) is 5.26. The summed E-state index contributed by atoms with van der Waals surface area (Å²) in [5, 5.41) is 14.8. The van der Waals surface area contributed by atoms with Crippen molar-refractivity contribution in [3.05, 3.63) is 35.9 Å². The highest BCUT2D eigenvalue weighted by molar-refractivity contribution is 5.94. The van der Waals surface area contributed by atoms with Crippen LogP contribution in [0.4, 0.5) is 0 Å². The highest BCUT2D eigenvalue weighted by Crippen LogP contribution is 2.20. The Morgan fingerprint density at radius 1 is 1.13 bits per heavy atom. The predicted molar refractivity (Wildman–Crippen MR) is 115 cm³/mol. The van der Waals surface area contributed by atoms with Gasteiger partial charge in [-0.15, -0.1) is 0 Å². The summed E-state index contributed by atoms with van der Waals surface area (Å²) in [6, 6.07) is 6.54. The monoisotopic (exact) mass is 432 g/mol. The molecule has 1 aromatic rings. The normalized spacial score (nSPS) is 17.8. The number of nitrogens with two attached hydrogens (primary N) is 1. The first-order valence-corrected chi connectivity index (χ1v) is 10.6. The van der Waals surface area contributed by atoms with Crippen LogP contribution < -0.4 is 16.4 Å². The van der Waals surface area contributed by atoms with Crippen molar-refractivity contribution in [1.29, 1.82) is 0 Å². The Morgan fingerprint density at radius 3 is 2.39 bits per heavy atom. The number of amides is 3. The van der Waals surface area contributed by atoms with Crippen molar-refractivity contribution in [3.63, 3.8) is 0 Å². The molecule has 170 valence electrons. The Bertz CT molecular complexity index is 783. The van der Waals surface area contributed by atoms with E-state index in [1.54, 1.807) is 0 Å². The average Bonchev–Trinajstić information content (AvgIpc) is 3.22. The van der Waals surface area contributed by atoms with E-state index in [2.05, 4.69) is 10.6 Å². The van der Waals surface area contributed by atoms with Crippen LogP contribution in [0.25, 0.3) is 0 Å². The number of rotatable bonds is 10. The molecule has 0 spiro atoms. The van der Waals surface area contributed by atoms with E-state index in [1.165, 1.54) is 4.90 Å². The third kappa shape index (κ3) is 7.06. The summed E-state index contributed by atoms with van der Waals surface area (Å²) in [6.07, 6.45) is 1.60. The minimum atomic E-state index is -1.04. The van der Waals surface area contributed by atoms with E-state index in [-0.39, 0.29) is 18.9 Å². The summed E-state index contributed by atoms with van der Waals surface area (Å²) in [5.74, 6) is -2.34. The van der Waals surface area contributed by atoms with Crippen LogP contribution in [0, 0.1) is 5.92 Å². The van der Waals surface area contributed by atoms with Crippen LogP contribution in [0.5, 0.6) is 0 Å². The molecule has 0 bridgehead atoms. The second-order valence-electron chi connectivity index (χ2n) is 8.23. The molecule has 1 aliphatic rings. The van der Waals surface area contributed by atoms with Gasteiger partial charge in [-0.3, -0.25) is 14.4 Å². The van der Waals surface area contributed by atoms with Crippen molar-refractivity contribution in [2.75, 3.05) is 13.1 Å². The largest absolute Gasteiger partial charge is 0.480 e. The Morgan fingerprint density at radius 2 is 1.81 bits per heavy atom. The fourth-order valence-electron chi connectivity index (χ4n) is 3.76. The van der Waals surface area contributed by atoms with Crippen LogP contribution >= 0.6 is 0 Å². The fourth-order valence-corrected chi connectivity index (χ4v) is 3.76. The van der Waals surface area contributed by atoms with Gasteiger partial charge in [-0.05, 0) is 30.7 Å². The number of carbonyl (C=O) groups excluding carboxylic acids is 3. The van der Waals surface area contributed by atoms with Crippen LogP contribution in [0.15, 0.2) is 30.3 Å². The highest BCUT2D eigenvalue weighted by atomic mass is 16.4. The topological polar surface area (TPSA) is 142 Å². The van der Waals surface area contributed by atoms with E-state index in [4.69, 9.17) is 5.73 Å². The molecule has 1 aromatic carbocycles. The maximum absolute atomic E-state index is 13.1. The minimum Gasteiger partial charge on any atom is -0.480 e. The molecule has 9 nitrogen and oxygen atoms in total. The number of nitrogens with zero attached hydrogens (tertiary/aromatic N) is 1. The van der Waals surface area contributed by atoms with E-state index >= 15 is 0 Å². The Kier molecular flexibility index (Phi) is 8.99. The van der Waals surface area contributed by atoms with Crippen LogP contribution in [0.1, 0.15) is 38.7 Å². The first-order chi connectivity index (χ1) is 14.7. The summed E-state index contributed by atoms with van der Waals surface area (Å²) < 4.78 is 0. The lowest BCUT2D eigenvalue weighted by Crippen LogP contribution is -2.57. The molecule has 3 atom stereocenters. The lowest BCUT2D eigenvalue weighted by Gasteiger charge is -2.29. The maximum atomic E-state index is 13.1. The number of carbonyl (C=O) groups is 4. The average molecular weight is 433 g/mol. The van der Waals surface area contributed by atoms with Crippen molar-refractivity contribution >= 4 is 23.7 Å². The van der Waals surface area contributed by atoms with Gasteiger partial charge in [0.1, 0.15) is 18.1 Å². The van der Waals surface area contributed by atoms with Crippen LogP contribution in [-0.2, 0) is 25.6 Å². The molecule has 9 heteroatoms. The van der Waals surface area contributed by atoms with Gasteiger partial charge in [-0.1, -0.05) is 44.2 Å². The van der Waals surface area contributed by atoms with E-state index in [0.717, 1.165) is 5.56 Å². The van der Waals surface area contributed by atoms with Crippen molar-refractivity contribution in [2.24, 2.45) is 11.7 Å². The Balaban J connectivity index is 2.19. The van der Waals surface area contributed by atoms with Crippen LogP contribution in [0.3, 0.4) is 0 Å². The molecule has 0 radical (unpaired) electrons. The van der Waals surface area contributed by atoms with E-state index in [9.17, 15) is 24.3 Å². The number of hydrogen-bond donors (Lipinski definition) is 4. The van der Waals surface area contributed by atoms with Gasteiger partial charge in [0.25, 0.3) is 0 Å². The second-order valence-corrected chi connectivity index (χ2v) is 8.23. The number of aliphatic carboxylic acids is 1. The maximum Gasteiger partial charge on any atom is 0.326 e. The fraction of sp³-hybridized carbons (Fsp3) is 0.545. The quantitative estimate of drug-likeness (QED) is 0.418. The predicted octanol–water partition coefficient (Wildman–Crippen LogP) is 0.279. The first kappa shape index (κ1) is 24.3. The standard InChI is InChI=1S/C22H32N4O5/c1-14(2)11-17(21(29)26-10-6-9-18(26)22(30)31)25-20(28)16(24-19(27)13-23)12-15-7-4-3-5-8-15/h3-5,7-8,14,16-18H,6,9-13,23H2,1-2H3,(H,24,27)(H,25,28)(H,30,31). The zero-order valence-electron chi connectivity index (χ0n) is 18.0. The van der Waals surface area contributed by atoms with Crippen molar-refractivity contribution in [1.82, 2.24) is 15.5 Å². The molecule has 3 amide bonds. The van der Waals surface area contributed by atoms with Crippen LogP contribution in [0.2, 0.25) is 0 Å². The molecule has 1 saturated heterocycles. The van der Waals surface area contributed by atoms with Gasteiger partial charge in [-0.25, -0.2) is 4.79 Å². The number of nitrogens with one attached hydrogen (secondary N) is 2. The van der Waals surface area contributed by atoms with Crippen LogP contribution in [-0.4, -0.2) is 64.9 Å². The number of benzene rings is 1. The van der Waals surface area contributed by atoms with Crippen molar-refractivity contribution in [2.45, 2.75) is 57.7 Å². The zero-order valence-corrected chi connectivity index (χ0v) is 18.0. The molecular weight excluding hydrogens is 400 g/mol. The molecule has 1 aliphatic heterocycles. The number of likely N-dealkylation sites (tertiary alicyclic amines) is 1. The lowest BCUT2D eigenvalue weighted by atomic mass is 10.0. The Labute approximate surface area is 182 Å². The van der Waals surface area contributed by atoms with Crippen molar-refractivity contribution in [3.8, 4) is 0 Å². The summed E-state index contributed by atoms with van der Waals surface area (Å²) >= 11 is 0.